The molecule has 160 valence electrons. The average Bonchev–Trinajstić information content (AvgIpc) is 3.05. The van der Waals surface area contributed by atoms with Gasteiger partial charge in [0.05, 0.1) is 19.3 Å². The molecule has 8 heteroatoms. The number of rotatable bonds is 7. The predicted octanol–water partition coefficient (Wildman–Crippen LogP) is 2.36. The Hall–Kier alpha value is -2.19. The van der Waals surface area contributed by atoms with Gasteiger partial charge in [0.15, 0.2) is 0 Å². The first kappa shape index (κ1) is 22.5. The Morgan fingerprint density at radius 2 is 1.57 bits per heavy atom. The molecule has 3 rings (SSSR count). The third-order valence-electron chi connectivity index (χ3n) is 5.67. The number of azide groups is 1. The van der Waals surface area contributed by atoms with Crippen molar-refractivity contribution in [2.75, 3.05) is 13.2 Å². The minimum atomic E-state index is -2.94. The molecule has 0 bridgehead atoms. The molecular formula is C22H29N3O4Si. The van der Waals surface area contributed by atoms with Crippen LogP contribution in [-0.2, 0) is 9.16 Å². The van der Waals surface area contributed by atoms with Crippen LogP contribution < -0.4 is 10.4 Å². The first-order valence-corrected chi connectivity index (χ1v) is 12.0. The van der Waals surface area contributed by atoms with Gasteiger partial charge in [-0.2, -0.15) is 0 Å². The van der Waals surface area contributed by atoms with E-state index in [9.17, 15) is 10.2 Å². The standard InChI is InChI=1S/C22H29N3O4Si/c1-22(2,3)30(16-10-6-4-7-11-16,17-12-8-5-9-13-17)29-21-18(14-24-25-23)28-19(15-26)20(21)27/h4-13,18-21,26-27H,14-15H2,1-3H3/t18-,19+,20-,21-/m1/s1. The summed E-state index contributed by atoms with van der Waals surface area (Å²) in [5.41, 5.74) is 8.78. The van der Waals surface area contributed by atoms with Gasteiger partial charge in [-0.1, -0.05) is 86.5 Å². The van der Waals surface area contributed by atoms with E-state index in [2.05, 4.69) is 55.1 Å². The molecule has 2 N–H and O–H groups in total. The molecule has 4 atom stereocenters. The minimum Gasteiger partial charge on any atom is -0.399 e. The van der Waals surface area contributed by atoms with Crippen LogP contribution in [0.4, 0.5) is 0 Å². The highest BCUT2D eigenvalue weighted by Gasteiger charge is 2.55. The average molecular weight is 428 g/mol. The highest BCUT2D eigenvalue weighted by atomic mass is 28.4. The summed E-state index contributed by atoms with van der Waals surface area (Å²) in [6.07, 6.45) is -3.20. The van der Waals surface area contributed by atoms with Crippen LogP contribution in [0.15, 0.2) is 65.8 Å². The second-order valence-corrected chi connectivity index (χ2v) is 12.8. The summed E-state index contributed by atoms with van der Waals surface area (Å²) >= 11 is 0. The number of aliphatic hydroxyl groups excluding tert-OH is 2. The van der Waals surface area contributed by atoms with Gasteiger partial charge < -0.3 is 19.4 Å². The van der Waals surface area contributed by atoms with E-state index < -0.39 is 32.7 Å². The third-order valence-corrected chi connectivity index (χ3v) is 10.7. The zero-order valence-corrected chi connectivity index (χ0v) is 18.5. The highest BCUT2D eigenvalue weighted by molar-refractivity contribution is 6.99. The van der Waals surface area contributed by atoms with Crippen LogP contribution in [-0.4, -0.2) is 56.1 Å². The van der Waals surface area contributed by atoms with Crippen LogP contribution in [0.1, 0.15) is 20.8 Å². The van der Waals surface area contributed by atoms with E-state index in [0.29, 0.717) is 0 Å². The van der Waals surface area contributed by atoms with Gasteiger partial charge in [0.2, 0.25) is 0 Å². The van der Waals surface area contributed by atoms with Crippen molar-refractivity contribution >= 4 is 18.7 Å². The van der Waals surface area contributed by atoms with E-state index in [4.69, 9.17) is 14.7 Å². The lowest BCUT2D eigenvalue weighted by Crippen LogP contribution is -2.69. The van der Waals surface area contributed by atoms with E-state index in [1.54, 1.807) is 0 Å². The summed E-state index contributed by atoms with van der Waals surface area (Å²) in [4.78, 5) is 2.83. The topological polar surface area (TPSA) is 108 Å². The summed E-state index contributed by atoms with van der Waals surface area (Å²) in [5.74, 6) is 0. The van der Waals surface area contributed by atoms with Crippen molar-refractivity contribution < 1.29 is 19.4 Å². The Balaban J connectivity index is 2.16. The number of hydrogen-bond donors (Lipinski definition) is 2. The van der Waals surface area contributed by atoms with Gasteiger partial charge in [-0.25, -0.2) is 0 Å². The van der Waals surface area contributed by atoms with Gasteiger partial charge in [0, 0.05) is 4.91 Å². The molecule has 0 amide bonds. The molecule has 7 nitrogen and oxygen atoms in total. The molecule has 0 unspecified atom stereocenters. The van der Waals surface area contributed by atoms with Crippen LogP contribution >= 0.6 is 0 Å². The third kappa shape index (κ3) is 4.16. The van der Waals surface area contributed by atoms with E-state index in [0.717, 1.165) is 10.4 Å². The normalized spacial score (nSPS) is 24.4. The lowest BCUT2D eigenvalue weighted by molar-refractivity contribution is -0.0192. The Morgan fingerprint density at radius 3 is 2.00 bits per heavy atom. The zero-order valence-electron chi connectivity index (χ0n) is 17.5. The first-order valence-electron chi connectivity index (χ1n) is 10.1. The van der Waals surface area contributed by atoms with Gasteiger partial charge in [-0.15, -0.1) is 0 Å². The summed E-state index contributed by atoms with van der Waals surface area (Å²) in [6, 6.07) is 20.2. The predicted molar refractivity (Wildman–Crippen MR) is 118 cm³/mol. The van der Waals surface area contributed by atoms with Gasteiger partial charge in [0.25, 0.3) is 8.32 Å². The molecule has 0 radical (unpaired) electrons. The number of hydrogen-bond acceptors (Lipinski definition) is 5. The fourth-order valence-corrected chi connectivity index (χ4v) is 8.98. The van der Waals surface area contributed by atoms with Crippen molar-refractivity contribution in [3.8, 4) is 0 Å². The van der Waals surface area contributed by atoms with Crippen molar-refractivity contribution in [2.45, 2.75) is 50.2 Å². The summed E-state index contributed by atoms with van der Waals surface area (Å²) in [5, 5.41) is 26.1. The maximum atomic E-state index is 10.9. The Bertz CT molecular complexity index is 829. The quantitative estimate of drug-likeness (QED) is 0.306. The smallest absolute Gasteiger partial charge is 0.261 e. The van der Waals surface area contributed by atoms with Gasteiger partial charge >= 0.3 is 0 Å². The second-order valence-electron chi connectivity index (χ2n) is 8.55. The molecule has 0 aromatic heterocycles. The second kappa shape index (κ2) is 9.30. The van der Waals surface area contributed by atoms with Crippen molar-refractivity contribution in [1.82, 2.24) is 0 Å². The molecule has 0 saturated carbocycles. The Kier molecular flexibility index (Phi) is 6.97. The summed E-state index contributed by atoms with van der Waals surface area (Å²) < 4.78 is 12.8. The largest absolute Gasteiger partial charge is 0.399 e. The minimum absolute atomic E-state index is 0.0208. The first-order chi connectivity index (χ1) is 14.3. The van der Waals surface area contributed by atoms with Crippen molar-refractivity contribution in [2.24, 2.45) is 5.11 Å². The lowest BCUT2D eigenvalue weighted by Gasteiger charge is -2.45. The number of nitrogens with zero attached hydrogens (tertiary/aromatic N) is 3. The molecule has 1 heterocycles. The lowest BCUT2D eigenvalue weighted by atomic mass is 10.1. The monoisotopic (exact) mass is 427 g/mol. The Labute approximate surface area is 178 Å². The van der Waals surface area contributed by atoms with E-state index >= 15 is 0 Å². The van der Waals surface area contributed by atoms with Gasteiger partial charge in [0.1, 0.15) is 18.3 Å². The number of benzene rings is 2. The van der Waals surface area contributed by atoms with Gasteiger partial charge in [-0.3, -0.25) is 0 Å². The van der Waals surface area contributed by atoms with Crippen molar-refractivity contribution in [1.29, 1.82) is 0 Å². The molecule has 0 spiro atoms. The molecule has 0 aliphatic carbocycles. The molecule has 2 aromatic rings. The molecule has 2 aromatic carbocycles. The van der Waals surface area contributed by atoms with Crippen molar-refractivity contribution in [3.63, 3.8) is 0 Å². The van der Waals surface area contributed by atoms with Crippen molar-refractivity contribution in [3.05, 3.63) is 71.1 Å². The van der Waals surface area contributed by atoms with Gasteiger partial charge in [-0.05, 0) is 20.9 Å². The zero-order chi connectivity index (χ0) is 21.8. The Morgan fingerprint density at radius 1 is 1.03 bits per heavy atom. The number of ether oxygens (including phenoxy) is 1. The number of aliphatic hydroxyl groups is 2. The summed E-state index contributed by atoms with van der Waals surface area (Å²) in [7, 11) is -2.94. The van der Waals surface area contributed by atoms with Crippen LogP contribution in [0.2, 0.25) is 5.04 Å². The maximum absolute atomic E-state index is 10.9. The summed E-state index contributed by atoms with van der Waals surface area (Å²) in [6.45, 7) is 6.12. The van der Waals surface area contributed by atoms with Crippen LogP contribution in [0.5, 0.6) is 0 Å². The van der Waals surface area contributed by atoms with Crippen LogP contribution in [0, 0.1) is 0 Å². The fraction of sp³-hybridized carbons (Fsp3) is 0.455. The van der Waals surface area contributed by atoms with Crippen LogP contribution in [0.25, 0.3) is 10.4 Å². The van der Waals surface area contributed by atoms with E-state index in [1.165, 1.54) is 0 Å². The molecule has 1 saturated heterocycles. The van der Waals surface area contributed by atoms with E-state index in [-0.39, 0.29) is 18.2 Å². The molecule has 30 heavy (non-hydrogen) atoms. The maximum Gasteiger partial charge on any atom is 0.261 e. The van der Waals surface area contributed by atoms with Crippen LogP contribution in [0.3, 0.4) is 0 Å². The molecule has 1 aliphatic rings. The fourth-order valence-electron chi connectivity index (χ4n) is 4.27. The molecule has 1 fully saturated rings. The molecular weight excluding hydrogens is 398 g/mol. The SMILES string of the molecule is CC(C)(C)[Si](O[C@H]1[C@H](O)[C@H](CO)O[C@@H]1CN=[N+]=[N-])(c1ccccc1)c1ccccc1. The van der Waals surface area contributed by atoms with E-state index in [1.807, 2.05) is 36.4 Å². The molecule has 1 aliphatic heterocycles. The highest BCUT2D eigenvalue weighted by Crippen LogP contribution is 2.40.